The summed E-state index contributed by atoms with van der Waals surface area (Å²) in [4.78, 5) is 12.7. The third-order valence-electron chi connectivity index (χ3n) is 10.0. The van der Waals surface area contributed by atoms with Crippen molar-refractivity contribution >= 4 is 60.4 Å². The van der Waals surface area contributed by atoms with Gasteiger partial charge in [0.25, 0.3) is 0 Å². The van der Waals surface area contributed by atoms with E-state index in [0.29, 0.717) is 0 Å². The van der Waals surface area contributed by atoms with E-state index in [1.807, 2.05) is 0 Å². The highest BCUT2D eigenvalue weighted by Gasteiger charge is 2.20. The van der Waals surface area contributed by atoms with Crippen molar-refractivity contribution in [3.05, 3.63) is 188 Å². The van der Waals surface area contributed by atoms with Crippen molar-refractivity contribution in [3.8, 4) is 33.6 Å². The predicted octanol–water partition coefficient (Wildman–Crippen LogP) is 13.0. The second-order valence-electron chi connectivity index (χ2n) is 13.0. The molecule has 0 N–H and O–H groups in total. The average Bonchev–Trinajstić information content (AvgIpc) is 3.21. The minimum atomic E-state index is 0.718. The maximum atomic E-state index is 5.21. The third-order valence-corrected chi connectivity index (χ3v) is 10.0. The fraction of sp³-hybridized carbons (Fsp3) is 0. The molecule has 9 aromatic carbocycles. The van der Waals surface area contributed by atoms with Crippen LogP contribution in [-0.4, -0.2) is 9.97 Å². The second kappa shape index (κ2) is 11.9. The summed E-state index contributed by atoms with van der Waals surface area (Å²) in [6, 6.07) is 66.7. The Morgan fingerprint density at radius 3 is 1.51 bits per heavy atom. The van der Waals surface area contributed by atoms with Crippen molar-refractivity contribution in [2.45, 2.75) is 0 Å². The minimum Gasteiger partial charge on any atom is -0.310 e. The lowest BCUT2D eigenvalue weighted by Crippen LogP contribution is -2.10. The highest BCUT2D eigenvalue weighted by atomic mass is 15.1. The molecule has 0 bridgehead atoms. The van der Waals surface area contributed by atoms with Crippen molar-refractivity contribution in [3.63, 3.8) is 0 Å². The fourth-order valence-corrected chi connectivity index (χ4v) is 7.66. The smallest absolute Gasteiger partial charge is 0.160 e. The molecule has 0 saturated heterocycles. The minimum absolute atomic E-state index is 0.718. The Labute approximate surface area is 296 Å². The van der Waals surface area contributed by atoms with Crippen LogP contribution < -0.4 is 4.90 Å². The molecular formula is C48H31N3. The van der Waals surface area contributed by atoms with Crippen molar-refractivity contribution in [1.82, 2.24) is 9.97 Å². The first-order chi connectivity index (χ1) is 25.3. The van der Waals surface area contributed by atoms with E-state index in [-0.39, 0.29) is 0 Å². The molecule has 0 unspecified atom stereocenters. The van der Waals surface area contributed by atoms with Crippen LogP contribution in [0.3, 0.4) is 0 Å². The van der Waals surface area contributed by atoms with Gasteiger partial charge in [-0.1, -0.05) is 127 Å². The SMILES string of the molecule is c1ccc(-c2cc(-c3ccccc3)c3ccc4nc(-c5ccc(N(c6ccccc6)c6cccc7ccccc67)cc5)nc5ccc2c3c54)cc1. The lowest BCUT2D eigenvalue weighted by atomic mass is 9.87. The van der Waals surface area contributed by atoms with Crippen molar-refractivity contribution in [2.24, 2.45) is 0 Å². The Morgan fingerprint density at radius 2 is 0.882 bits per heavy atom. The van der Waals surface area contributed by atoms with Crippen LogP contribution in [0.2, 0.25) is 0 Å². The van der Waals surface area contributed by atoms with Crippen LogP contribution in [0.5, 0.6) is 0 Å². The van der Waals surface area contributed by atoms with Gasteiger partial charge in [0, 0.05) is 33.1 Å². The summed E-state index contributed by atoms with van der Waals surface area (Å²) in [5.41, 5.74) is 11.0. The first-order valence-corrected chi connectivity index (χ1v) is 17.3. The van der Waals surface area contributed by atoms with Crippen LogP contribution in [-0.2, 0) is 0 Å². The lowest BCUT2D eigenvalue weighted by molar-refractivity contribution is 1.25. The highest BCUT2D eigenvalue weighted by Crippen LogP contribution is 2.44. The fourth-order valence-electron chi connectivity index (χ4n) is 7.66. The zero-order valence-corrected chi connectivity index (χ0v) is 27.7. The number of rotatable bonds is 6. The van der Waals surface area contributed by atoms with Crippen molar-refractivity contribution < 1.29 is 0 Å². The van der Waals surface area contributed by atoms with Gasteiger partial charge in [0.1, 0.15) is 0 Å². The molecule has 0 aliphatic rings. The molecule has 0 spiro atoms. The molecule has 0 aliphatic carbocycles. The van der Waals surface area contributed by atoms with E-state index in [0.717, 1.165) is 44.9 Å². The normalized spacial score (nSPS) is 11.5. The molecule has 0 amide bonds. The Bertz CT molecular complexity index is 2720. The maximum absolute atomic E-state index is 5.21. The maximum Gasteiger partial charge on any atom is 0.160 e. The Balaban J connectivity index is 1.12. The van der Waals surface area contributed by atoms with Crippen LogP contribution >= 0.6 is 0 Å². The Hall–Kier alpha value is -6.84. The summed E-state index contributed by atoms with van der Waals surface area (Å²) in [5.74, 6) is 0.718. The molecule has 3 nitrogen and oxygen atoms in total. The molecule has 238 valence electrons. The molecule has 0 aliphatic heterocycles. The van der Waals surface area contributed by atoms with E-state index < -0.39 is 0 Å². The lowest BCUT2D eigenvalue weighted by Gasteiger charge is -2.27. The summed E-state index contributed by atoms with van der Waals surface area (Å²) >= 11 is 0. The quantitative estimate of drug-likeness (QED) is 0.168. The van der Waals surface area contributed by atoms with Crippen LogP contribution in [0, 0.1) is 0 Å². The van der Waals surface area contributed by atoms with Gasteiger partial charge in [-0.25, -0.2) is 9.97 Å². The molecule has 0 atom stereocenters. The Morgan fingerprint density at radius 1 is 0.353 bits per heavy atom. The average molecular weight is 650 g/mol. The number of aromatic nitrogens is 2. The number of fused-ring (bicyclic) bond motifs is 1. The second-order valence-corrected chi connectivity index (χ2v) is 13.0. The van der Waals surface area contributed by atoms with E-state index in [1.165, 1.54) is 49.2 Å². The van der Waals surface area contributed by atoms with Gasteiger partial charge in [-0.2, -0.15) is 0 Å². The molecular weight excluding hydrogens is 619 g/mol. The standard InChI is InChI=1S/C48H31N3/c1-4-13-33(14-5-1)41-31-42(34-15-6-2-7-16-34)40-28-30-44-47-43(29-27-39(41)46(40)47)49-48(50-44)35-23-25-37(26-24-35)51(36-19-8-3-9-20-36)45-22-12-18-32-17-10-11-21-38(32)45/h1-31H. The van der Waals surface area contributed by atoms with Gasteiger partial charge >= 0.3 is 0 Å². The number of para-hydroxylation sites is 1. The monoisotopic (exact) mass is 649 g/mol. The predicted molar refractivity (Wildman–Crippen MR) is 214 cm³/mol. The van der Waals surface area contributed by atoms with Crippen molar-refractivity contribution in [1.29, 1.82) is 0 Å². The van der Waals surface area contributed by atoms with Crippen LogP contribution in [0.15, 0.2) is 188 Å². The van der Waals surface area contributed by atoms with Gasteiger partial charge < -0.3 is 4.90 Å². The van der Waals surface area contributed by atoms with Gasteiger partial charge in [0.05, 0.1) is 16.7 Å². The molecule has 3 heteroatoms. The number of nitrogens with zero attached hydrogens (tertiary/aromatic N) is 3. The first-order valence-electron chi connectivity index (χ1n) is 17.3. The molecule has 1 aromatic heterocycles. The van der Waals surface area contributed by atoms with Crippen LogP contribution in [0.4, 0.5) is 17.1 Å². The zero-order chi connectivity index (χ0) is 33.7. The summed E-state index contributed by atoms with van der Waals surface area (Å²) in [5, 5.41) is 7.15. The summed E-state index contributed by atoms with van der Waals surface area (Å²) in [6.07, 6.45) is 0. The highest BCUT2D eigenvalue weighted by molar-refractivity contribution is 6.27. The zero-order valence-electron chi connectivity index (χ0n) is 27.7. The first kappa shape index (κ1) is 29.1. The molecule has 1 heterocycles. The number of hydrogen-bond donors (Lipinski definition) is 0. The van der Waals surface area contributed by atoms with E-state index >= 15 is 0 Å². The van der Waals surface area contributed by atoms with E-state index in [1.54, 1.807) is 0 Å². The number of anilines is 3. The van der Waals surface area contributed by atoms with Gasteiger partial charge in [-0.15, -0.1) is 0 Å². The van der Waals surface area contributed by atoms with Crippen LogP contribution in [0.1, 0.15) is 0 Å². The van der Waals surface area contributed by atoms with E-state index in [2.05, 4.69) is 193 Å². The number of benzene rings is 9. The van der Waals surface area contributed by atoms with Gasteiger partial charge in [-0.05, 0) is 99.1 Å². The van der Waals surface area contributed by atoms with Gasteiger partial charge in [0.15, 0.2) is 5.82 Å². The number of hydrogen-bond acceptors (Lipinski definition) is 3. The van der Waals surface area contributed by atoms with Crippen molar-refractivity contribution in [2.75, 3.05) is 4.90 Å². The molecule has 0 saturated carbocycles. The summed E-state index contributed by atoms with van der Waals surface area (Å²) in [7, 11) is 0. The topological polar surface area (TPSA) is 29.0 Å². The Kier molecular flexibility index (Phi) is 6.81. The van der Waals surface area contributed by atoms with E-state index in [4.69, 9.17) is 9.97 Å². The largest absolute Gasteiger partial charge is 0.310 e. The third kappa shape index (κ3) is 4.90. The molecule has 10 rings (SSSR count). The van der Waals surface area contributed by atoms with Crippen LogP contribution in [0.25, 0.3) is 77.0 Å². The van der Waals surface area contributed by atoms with Gasteiger partial charge in [0.2, 0.25) is 0 Å². The summed E-state index contributed by atoms with van der Waals surface area (Å²) in [6.45, 7) is 0. The van der Waals surface area contributed by atoms with E-state index in [9.17, 15) is 0 Å². The summed E-state index contributed by atoms with van der Waals surface area (Å²) < 4.78 is 0. The molecule has 0 radical (unpaired) electrons. The van der Waals surface area contributed by atoms with Gasteiger partial charge in [-0.3, -0.25) is 0 Å². The molecule has 51 heavy (non-hydrogen) atoms. The molecule has 0 fully saturated rings. The molecule has 10 aromatic rings.